The molecule has 10 nitrogen and oxygen atoms in total. The number of nitrogens with one attached hydrogen (secondary N) is 1. The number of fused-ring (bicyclic) bond motifs is 2. The molecule has 1 aromatic carbocycles. The van der Waals surface area contributed by atoms with E-state index in [0.717, 1.165) is 27.7 Å². The van der Waals surface area contributed by atoms with Crippen LogP contribution in [-0.2, 0) is 24.9 Å². The van der Waals surface area contributed by atoms with Crippen molar-refractivity contribution in [2.45, 2.75) is 13.1 Å². The molecule has 3 aromatic heterocycles. The first-order valence-corrected chi connectivity index (χ1v) is 11.6. The van der Waals surface area contributed by atoms with E-state index in [0.29, 0.717) is 29.4 Å². The molecule has 0 fully saturated rings. The molecule has 176 valence electrons. The number of primary amides is 1. The highest BCUT2D eigenvalue weighted by atomic mass is 32.1. The van der Waals surface area contributed by atoms with Crippen molar-refractivity contribution in [2.75, 3.05) is 6.54 Å². The summed E-state index contributed by atoms with van der Waals surface area (Å²) in [4.78, 5) is 47.3. The molecule has 0 saturated heterocycles. The van der Waals surface area contributed by atoms with Gasteiger partial charge in [-0.05, 0) is 23.3 Å². The molecular formula is C24H21N7O3S. The smallest absolute Gasteiger partial charge is 0.271 e. The quantitative estimate of drug-likeness (QED) is 0.383. The van der Waals surface area contributed by atoms with Crippen LogP contribution in [0.1, 0.15) is 32.0 Å². The maximum atomic E-state index is 12.8. The van der Waals surface area contributed by atoms with Crippen LogP contribution in [0.25, 0.3) is 21.6 Å². The summed E-state index contributed by atoms with van der Waals surface area (Å²) in [6.45, 7) is 4.32. The predicted octanol–water partition coefficient (Wildman–Crippen LogP) is 2.02. The number of amides is 3. The van der Waals surface area contributed by atoms with Gasteiger partial charge in [-0.15, -0.1) is 11.3 Å². The average molecular weight is 488 g/mol. The van der Waals surface area contributed by atoms with E-state index < -0.39 is 5.91 Å². The van der Waals surface area contributed by atoms with Crippen molar-refractivity contribution in [3.63, 3.8) is 0 Å². The van der Waals surface area contributed by atoms with E-state index in [1.54, 1.807) is 34.6 Å². The molecule has 0 saturated carbocycles. The number of hydrogen-bond donors (Lipinski definition) is 2. The Hall–Kier alpha value is -4.38. The number of hydrogen-bond acceptors (Lipinski definition) is 7. The van der Waals surface area contributed by atoms with E-state index in [4.69, 9.17) is 5.73 Å². The van der Waals surface area contributed by atoms with Crippen LogP contribution in [0.5, 0.6) is 0 Å². The zero-order chi connectivity index (χ0) is 24.7. The molecule has 35 heavy (non-hydrogen) atoms. The lowest BCUT2D eigenvalue weighted by Gasteiger charge is -2.15. The van der Waals surface area contributed by atoms with Crippen molar-refractivity contribution in [3.05, 3.63) is 76.6 Å². The van der Waals surface area contributed by atoms with E-state index in [-0.39, 0.29) is 23.9 Å². The SMILES string of the molecule is C=C(CN1Cc2c(cccc2-c2nc(C(=O)NCc3cnc4c(cnn4C)c3)cs2)C1=O)C(N)=O. The zero-order valence-electron chi connectivity index (χ0n) is 18.8. The van der Waals surface area contributed by atoms with Gasteiger partial charge in [-0.25, -0.2) is 9.97 Å². The molecule has 0 spiro atoms. The molecule has 1 aliphatic rings. The summed E-state index contributed by atoms with van der Waals surface area (Å²) in [6, 6.07) is 7.32. The number of carbonyl (C=O) groups is 3. The summed E-state index contributed by atoms with van der Waals surface area (Å²) < 4.78 is 1.69. The van der Waals surface area contributed by atoms with Crippen molar-refractivity contribution in [2.24, 2.45) is 12.8 Å². The number of aryl methyl sites for hydroxylation is 1. The van der Waals surface area contributed by atoms with Crippen LogP contribution >= 0.6 is 11.3 Å². The number of carbonyl (C=O) groups excluding carboxylic acids is 3. The second-order valence-corrected chi connectivity index (χ2v) is 9.06. The van der Waals surface area contributed by atoms with Crippen molar-refractivity contribution in [1.29, 1.82) is 0 Å². The third kappa shape index (κ3) is 4.17. The standard InChI is InChI=1S/C24H21N7O3S/c1-13(20(25)32)10-31-11-18-16(4-3-5-17(18)24(31)34)23-29-19(12-35-23)22(33)27-8-14-6-15-9-28-30(2)21(15)26-7-14/h3-7,9,12H,1,8,10-11H2,2H3,(H2,25,32)(H,27,33). The van der Waals surface area contributed by atoms with E-state index in [2.05, 4.69) is 27.0 Å². The molecule has 3 N–H and O–H groups in total. The molecule has 3 amide bonds. The molecule has 4 aromatic rings. The van der Waals surface area contributed by atoms with Gasteiger partial charge in [-0.1, -0.05) is 18.7 Å². The normalized spacial score (nSPS) is 12.7. The molecule has 11 heteroatoms. The summed E-state index contributed by atoms with van der Waals surface area (Å²) in [5, 5.41) is 10.3. The van der Waals surface area contributed by atoms with Gasteiger partial charge in [0.15, 0.2) is 5.65 Å². The highest BCUT2D eigenvalue weighted by molar-refractivity contribution is 7.13. The zero-order valence-corrected chi connectivity index (χ0v) is 19.6. The Morgan fingerprint density at radius 2 is 2.06 bits per heavy atom. The van der Waals surface area contributed by atoms with E-state index in [9.17, 15) is 14.4 Å². The summed E-state index contributed by atoms with van der Waals surface area (Å²) in [5.74, 6) is -1.14. The first-order valence-electron chi connectivity index (χ1n) is 10.7. The molecule has 0 bridgehead atoms. The first kappa shape index (κ1) is 22.4. The lowest BCUT2D eigenvalue weighted by atomic mass is 10.0. The van der Waals surface area contributed by atoms with Gasteiger partial charge in [0.05, 0.1) is 12.7 Å². The van der Waals surface area contributed by atoms with Gasteiger partial charge in [0.2, 0.25) is 5.91 Å². The largest absolute Gasteiger partial charge is 0.366 e. The number of rotatable bonds is 7. The molecule has 1 aliphatic heterocycles. The van der Waals surface area contributed by atoms with Crippen LogP contribution in [0.2, 0.25) is 0 Å². The summed E-state index contributed by atoms with van der Waals surface area (Å²) in [6.07, 6.45) is 3.44. The third-order valence-electron chi connectivity index (χ3n) is 5.82. The van der Waals surface area contributed by atoms with Gasteiger partial charge in [-0.3, -0.25) is 19.1 Å². The maximum absolute atomic E-state index is 12.8. The predicted molar refractivity (Wildman–Crippen MR) is 130 cm³/mol. The van der Waals surface area contributed by atoms with Crippen molar-refractivity contribution in [1.82, 2.24) is 30.0 Å². The fourth-order valence-corrected chi connectivity index (χ4v) is 4.84. The number of benzene rings is 1. The Balaban J connectivity index is 1.31. The molecule has 0 aliphatic carbocycles. The Morgan fingerprint density at radius 1 is 1.26 bits per heavy atom. The topological polar surface area (TPSA) is 136 Å². The number of nitrogens with zero attached hydrogens (tertiary/aromatic N) is 5. The third-order valence-corrected chi connectivity index (χ3v) is 6.70. The maximum Gasteiger partial charge on any atom is 0.271 e. The van der Waals surface area contributed by atoms with Crippen LogP contribution in [0.3, 0.4) is 0 Å². The highest BCUT2D eigenvalue weighted by Gasteiger charge is 2.31. The lowest BCUT2D eigenvalue weighted by Crippen LogP contribution is -2.30. The average Bonchev–Trinajstić information content (AvgIpc) is 3.56. The van der Waals surface area contributed by atoms with Crippen molar-refractivity contribution >= 4 is 40.1 Å². The molecule has 0 atom stereocenters. The van der Waals surface area contributed by atoms with Crippen LogP contribution in [-0.4, -0.2) is 48.9 Å². The fraction of sp³-hybridized carbons (Fsp3) is 0.167. The Labute approximate surface area is 204 Å². The minimum absolute atomic E-state index is 0.0630. The fourth-order valence-electron chi connectivity index (χ4n) is 3.99. The number of pyridine rings is 1. The monoisotopic (exact) mass is 487 g/mol. The van der Waals surface area contributed by atoms with Gasteiger partial charge in [0, 0.05) is 53.8 Å². The number of aromatic nitrogens is 4. The second-order valence-electron chi connectivity index (χ2n) is 8.21. The Morgan fingerprint density at radius 3 is 2.86 bits per heavy atom. The molecule has 5 rings (SSSR count). The minimum atomic E-state index is -0.638. The molecule has 4 heterocycles. The molecule has 0 unspecified atom stereocenters. The van der Waals surface area contributed by atoms with Crippen LogP contribution < -0.4 is 11.1 Å². The second kappa shape index (κ2) is 8.76. The van der Waals surface area contributed by atoms with E-state index in [1.165, 1.54) is 16.2 Å². The summed E-state index contributed by atoms with van der Waals surface area (Å²) in [5.41, 5.74) is 9.47. The molecule has 0 radical (unpaired) electrons. The Bertz CT molecular complexity index is 1520. The van der Waals surface area contributed by atoms with Gasteiger partial charge in [0.25, 0.3) is 11.8 Å². The first-order chi connectivity index (χ1) is 16.8. The van der Waals surface area contributed by atoms with Crippen molar-refractivity contribution in [3.8, 4) is 10.6 Å². The van der Waals surface area contributed by atoms with Gasteiger partial charge in [-0.2, -0.15) is 5.10 Å². The van der Waals surface area contributed by atoms with Gasteiger partial charge in [0.1, 0.15) is 10.7 Å². The highest BCUT2D eigenvalue weighted by Crippen LogP contribution is 2.34. The van der Waals surface area contributed by atoms with Gasteiger partial charge < -0.3 is 16.0 Å². The van der Waals surface area contributed by atoms with Gasteiger partial charge >= 0.3 is 0 Å². The van der Waals surface area contributed by atoms with E-state index >= 15 is 0 Å². The number of thiazole rings is 1. The summed E-state index contributed by atoms with van der Waals surface area (Å²) in [7, 11) is 1.82. The lowest BCUT2D eigenvalue weighted by molar-refractivity contribution is -0.114. The van der Waals surface area contributed by atoms with E-state index in [1.807, 2.05) is 19.2 Å². The van der Waals surface area contributed by atoms with Crippen LogP contribution in [0.4, 0.5) is 0 Å². The van der Waals surface area contributed by atoms with Crippen molar-refractivity contribution < 1.29 is 14.4 Å². The minimum Gasteiger partial charge on any atom is -0.366 e. The number of nitrogens with two attached hydrogens (primary N) is 1. The summed E-state index contributed by atoms with van der Waals surface area (Å²) >= 11 is 1.33. The van der Waals surface area contributed by atoms with Crippen LogP contribution in [0, 0.1) is 0 Å². The van der Waals surface area contributed by atoms with Crippen LogP contribution in [0.15, 0.2) is 54.2 Å². The molecular weight excluding hydrogens is 466 g/mol. The Kier molecular flexibility index (Phi) is 5.61.